The molecule has 1 atom stereocenters. The Kier molecular flexibility index (Phi) is 8.01. The van der Waals surface area contributed by atoms with Gasteiger partial charge in [-0.2, -0.15) is 0 Å². The molecule has 168 valence electrons. The fourth-order valence-corrected chi connectivity index (χ4v) is 3.88. The molecule has 0 fully saturated rings. The molecule has 0 aliphatic heterocycles. The quantitative estimate of drug-likeness (QED) is 0.533. The molecule has 0 unspecified atom stereocenters. The Morgan fingerprint density at radius 1 is 1.03 bits per heavy atom. The van der Waals surface area contributed by atoms with Crippen LogP contribution in [0.5, 0.6) is 11.5 Å². The van der Waals surface area contributed by atoms with Crippen LogP contribution < -0.4 is 25.2 Å². The van der Waals surface area contributed by atoms with E-state index in [4.69, 9.17) is 15.2 Å². The molecule has 2 amide bonds. The predicted octanol–water partition coefficient (Wildman–Crippen LogP) is 2.13. The maximum absolute atomic E-state index is 12.6. The maximum Gasteiger partial charge on any atom is 0.264 e. The van der Waals surface area contributed by atoms with Crippen molar-refractivity contribution in [2.45, 2.75) is 31.2 Å². The Balaban J connectivity index is 2.17. The van der Waals surface area contributed by atoms with Gasteiger partial charge in [-0.05, 0) is 48.7 Å². The van der Waals surface area contributed by atoms with E-state index in [1.54, 1.807) is 12.1 Å². The van der Waals surface area contributed by atoms with Crippen molar-refractivity contribution in [3.63, 3.8) is 0 Å². The second kappa shape index (κ2) is 10.3. The van der Waals surface area contributed by atoms with Crippen LogP contribution in [0, 0.1) is 5.92 Å². The lowest BCUT2D eigenvalue weighted by Crippen LogP contribution is -2.43. The maximum atomic E-state index is 12.6. The fraction of sp³-hybridized carbons (Fsp3) is 0.333. The van der Waals surface area contributed by atoms with Crippen LogP contribution in [0.4, 0.5) is 5.69 Å². The third kappa shape index (κ3) is 6.43. The van der Waals surface area contributed by atoms with E-state index in [1.807, 2.05) is 18.6 Å². The molecule has 4 N–H and O–H groups in total. The highest BCUT2D eigenvalue weighted by Crippen LogP contribution is 2.28. The zero-order valence-corrected chi connectivity index (χ0v) is 18.7. The molecule has 0 aromatic heterocycles. The molecule has 0 saturated heterocycles. The number of carbonyl (C=O) groups excluding carboxylic acids is 2. The van der Waals surface area contributed by atoms with Crippen molar-refractivity contribution in [2.75, 3.05) is 19.5 Å². The van der Waals surface area contributed by atoms with Crippen molar-refractivity contribution in [3.05, 3.63) is 48.0 Å². The second-order valence-corrected chi connectivity index (χ2v) is 8.94. The highest BCUT2D eigenvalue weighted by Gasteiger charge is 2.23. The lowest BCUT2D eigenvalue weighted by atomic mass is 10.0. The first-order valence-electron chi connectivity index (χ1n) is 9.53. The summed E-state index contributed by atoms with van der Waals surface area (Å²) in [6.45, 7) is 3.76. The first kappa shape index (κ1) is 24.2. The van der Waals surface area contributed by atoms with E-state index in [1.165, 1.54) is 44.6 Å². The smallest absolute Gasteiger partial charge is 0.264 e. The minimum Gasteiger partial charge on any atom is -0.493 e. The van der Waals surface area contributed by atoms with Crippen molar-refractivity contribution in [2.24, 2.45) is 11.7 Å². The van der Waals surface area contributed by atoms with Gasteiger partial charge in [-0.1, -0.05) is 19.9 Å². The van der Waals surface area contributed by atoms with E-state index < -0.39 is 27.9 Å². The normalized spacial score (nSPS) is 12.2. The molecule has 9 nitrogen and oxygen atoms in total. The average Bonchev–Trinajstić information content (AvgIpc) is 2.72. The average molecular weight is 450 g/mol. The molecule has 0 radical (unpaired) electrons. The number of nitrogens with two attached hydrogens (primary N) is 1. The fourth-order valence-electron chi connectivity index (χ4n) is 2.80. The van der Waals surface area contributed by atoms with Crippen molar-refractivity contribution in [3.8, 4) is 11.5 Å². The molecule has 0 bridgehead atoms. The number of rotatable bonds is 9. The molecule has 0 spiro atoms. The largest absolute Gasteiger partial charge is 0.493 e. The number of anilines is 1. The van der Waals surface area contributed by atoms with Gasteiger partial charge in [0.1, 0.15) is 0 Å². The number of methoxy groups -OCH3 is 2. The number of benzene rings is 2. The summed E-state index contributed by atoms with van der Waals surface area (Å²) in [5.74, 6) is -0.268. The summed E-state index contributed by atoms with van der Waals surface area (Å²) >= 11 is 0. The number of carbonyl (C=O) groups is 2. The van der Waals surface area contributed by atoms with Gasteiger partial charge in [-0.3, -0.25) is 9.59 Å². The predicted molar refractivity (Wildman–Crippen MR) is 117 cm³/mol. The molecule has 0 heterocycles. The highest BCUT2D eigenvalue weighted by molar-refractivity contribution is 7.90. The van der Waals surface area contributed by atoms with Crippen LogP contribution in [0.1, 0.15) is 30.6 Å². The van der Waals surface area contributed by atoms with Crippen LogP contribution in [-0.4, -0.2) is 40.5 Å². The lowest BCUT2D eigenvalue weighted by Gasteiger charge is -2.15. The summed E-state index contributed by atoms with van der Waals surface area (Å²) in [6, 6.07) is 9.25. The zero-order valence-electron chi connectivity index (χ0n) is 17.8. The summed E-state index contributed by atoms with van der Waals surface area (Å²) in [4.78, 5) is 24.5. The van der Waals surface area contributed by atoms with Crippen molar-refractivity contribution >= 4 is 27.5 Å². The Labute approximate surface area is 182 Å². The van der Waals surface area contributed by atoms with Gasteiger partial charge in [0, 0.05) is 11.3 Å². The first-order chi connectivity index (χ1) is 14.6. The molecular formula is C21H27N3O6S. The summed E-state index contributed by atoms with van der Waals surface area (Å²) in [5, 5.41) is 2.62. The van der Waals surface area contributed by atoms with Gasteiger partial charge in [0.05, 0.1) is 25.2 Å². The minimum atomic E-state index is -4.15. The second-order valence-electron chi connectivity index (χ2n) is 7.26. The molecule has 2 aromatic carbocycles. The summed E-state index contributed by atoms with van der Waals surface area (Å²) in [5.41, 5.74) is 6.28. The minimum absolute atomic E-state index is 0.138. The SMILES string of the molecule is COc1ccc(C(=O)Nc2cccc(S(=O)(=O)NC(=O)[C@@H](N)CC(C)C)c2)cc1OC. The number of ether oxygens (including phenoxy) is 2. The number of sulfonamides is 1. The summed E-state index contributed by atoms with van der Waals surface area (Å²) in [7, 11) is -1.21. The van der Waals surface area contributed by atoms with E-state index in [2.05, 4.69) is 5.32 Å². The third-order valence-corrected chi connectivity index (χ3v) is 5.69. The van der Waals surface area contributed by atoms with Crippen LogP contribution in [0.15, 0.2) is 47.4 Å². The van der Waals surface area contributed by atoms with Crippen LogP contribution in [0.2, 0.25) is 0 Å². The molecule has 0 saturated carbocycles. The molecule has 10 heteroatoms. The van der Waals surface area contributed by atoms with Gasteiger partial charge in [0.2, 0.25) is 0 Å². The Morgan fingerprint density at radius 3 is 2.32 bits per heavy atom. The molecule has 2 aromatic rings. The van der Waals surface area contributed by atoms with Gasteiger partial charge in [-0.15, -0.1) is 0 Å². The number of nitrogens with one attached hydrogen (secondary N) is 2. The Morgan fingerprint density at radius 2 is 1.71 bits per heavy atom. The van der Waals surface area contributed by atoms with Crippen LogP contribution in [-0.2, 0) is 14.8 Å². The Bertz CT molecular complexity index is 1050. The number of hydrogen-bond donors (Lipinski definition) is 3. The van der Waals surface area contributed by atoms with Gasteiger partial charge in [-0.25, -0.2) is 13.1 Å². The molecule has 0 aliphatic carbocycles. The number of hydrogen-bond acceptors (Lipinski definition) is 7. The van der Waals surface area contributed by atoms with Crippen LogP contribution >= 0.6 is 0 Å². The van der Waals surface area contributed by atoms with Crippen molar-refractivity contribution in [1.82, 2.24) is 4.72 Å². The van der Waals surface area contributed by atoms with Crippen LogP contribution in [0.3, 0.4) is 0 Å². The monoisotopic (exact) mass is 449 g/mol. The molecule has 0 aliphatic rings. The van der Waals surface area contributed by atoms with Crippen molar-refractivity contribution < 1.29 is 27.5 Å². The van der Waals surface area contributed by atoms with Crippen molar-refractivity contribution in [1.29, 1.82) is 0 Å². The summed E-state index contributed by atoms with van der Waals surface area (Å²) in [6.07, 6.45) is 0.350. The Hall–Kier alpha value is -3.11. The topological polar surface area (TPSA) is 137 Å². The molecule has 2 rings (SSSR count). The molecule has 31 heavy (non-hydrogen) atoms. The highest BCUT2D eigenvalue weighted by atomic mass is 32.2. The van der Waals surface area contributed by atoms with Crippen LogP contribution in [0.25, 0.3) is 0 Å². The third-order valence-electron chi connectivity index (χ3n) is 4.34. The number of amides is 2. The first-order valence-corrected chi connectivity index (χ1v) is 11.0. The van der Waals surface area contributed by atoms with E-state index in [-0.39, 0.29) is 16.5 Å². The van der Waals surface area contributed by atoms with Gasteiger partial charge < -0.3 is 20.5 Å². The van der Waals surface area contributed by atoms with E-state index in [0.29, 0.717) is 23.5 Å². The van der Waals surface area contributed by atoms with E-state index >= 15 is 0 Å². The molecular weight excluding hydrogens is 422 g/mol. The standard InChI is InChI=1S/C21H27N3O6S/c1-13(2)10-17(22)21(26)24-31(27,28)16-7-5-6-15(12-16)23-20(25)14-8-9-18(29-3)19(11-14)30-4/h5-9,11-13,17H,10,22H2,1-4H3,(H,23,25)(H,24,26)/t17-/m0/s1. The van der Waals surface area contributed by atoms with Gasteiger partial charge in [0.15, 0.2) is 11.5 Å². The summed E-state index contributed by atoms with van der Waals surface area (Å²) < 4.78 is 37.4. The van der Waals surface area contributed by atoms with E-state index in [9.17, 15) is 18.0 Å². The van der Waals surface area contributed by atoms with E-state index in [0.717, 1.165) is 0 Å². The van der Waals surface area contributed by atoms with Gasteiger partial charge in [0.25, 0.3) is 21.8 Å². The van der Waals surface area contributed by atoms with Gasteiger partial charge >= 0.3 is 0 Å². The zero-order chi connectivity index (χ0) is 23.2. The lowest BCUT2D eigenvalue weighted by molar-refractivity contribution is -0.120.